The smallest absolute Gasteiger partial charge is 0.161 e. The molecule has 134 valence electrons. The summed E-state index contributed by atoms with van der Waals surface area (Å²) < 4.78 is 5.84. The van der Waals surface area contributed by atoms with Crippen LogP contribution in [0.4, 0.5) is 0 Å². The number of rotatable bonds is 4. The molecule has 0 saturated heterocycles. The number of hydrogen-bond acceptors (Lipinski definition) is 4. The van der Waals surface area contributed by atoms with Crippen molar-refractivity contribution in [2.45, 2.75) is 13.5 Å². The Morgan fingerprint density at radius 3 is 2.33 bits per heavy atom. The van der Waals surface area contributed by atoms with Gasteiger partial charge in [-0.2, -0.15) is 0 Å². The van der Waals surface area contributed by atoms with Gasteiger partial charge in [0.1, 0.15) is 12.4 Å². The molecular formula is C21H15Cl2N3O. The Hall–Kier alpha value is -2.69. The maximum atomic E-state index is 6.24. The number of pyridine rings is 1. The van der Waals surface area contributed by atoms with Gasteiger partial charge in [-0.25, -0.2) is 0 Å². The second-order valence-electron chi connectivity index (χ2n) is 6.10. The summed E-state index contributed by atoms with van der Waals surface area (Å²) in [6.45, 7) is 2.48. The second kappa shape index (κ2) is 7.51. The first-order valence-electron chi connectivity index (χ1n) is 8.37. The lowest BCUT2D eigenvalue weighted by Gasteiger charge is -2.11. The Kier molecular flexibility index (Phi) is 4.92. The van der Waals surface area contributed by atoms with Crippen molar-refractivity contribution in [2.75, 3.05) is 0 Å². The van der Waals surface area contributed by atoms with Crippen LogP contribution >= 0.6 is 23.2 Å². The third kappa shape index (κ3) is 3.59. The molecule has 6 heteroatoms. The molecule has 0 aliphatic rings. The molecule has 0 saturated carbocycles. The predicted molar refractivity (Wildman–Crippen MR) is 108 cm³/mol. The molecule has 0 unspecified atom stereocenters. The summed E-state index contributed by atoms with van der Waals surface area (Å²) in [5.74, 6) is 0.799. The van der Waals surface area contributed by atoms with E-state index in [9.17, 15) is 0 Å². The number of hydrogen-bond donors (Lipinski definition) is 0. The Balaban J connectivity index is 1.62. The molecule has 2 aromatic heterocycles. The van der Waals surface area contributed by atoms with Crippen molar-refractivity contribution >= 4 is 34.0 Å². The summed E-state index contributed by atoms with van der Waals surface area (Å²) in [5.41, 5.74) is 3.82. The number of ether oxygens (including phenoxy) is 1. The van der Waals surface area contributed by atoms with Crippen molar-refractivity contribution in [1.29, 1.82) is 0 Å². The summed E-state index contributed by atoms with van der Waals surface area (Å²) in [6, 6.07) is 17.9. The zero-order chi connectivity index (χ0) is 18.8. The van der Waals surface area contributed by atoms with Gasteiger partial charge in [-0.05, 0) is 42.3 Å². The van der Waals surface area contributed by atoms with Crippen LogP contribution < -0.4 is 4.74 Å². The molecule has 27 heavy (non-hydrogen) atoms. The highest BCUT2D eigenvalue weighted by Crippen LogP contribution is 2.33. The number of benzene rings is 2. The van der Waals surface area contributed by atoms with E-state index in [0.717, 1.165) is 33.5 Å². The molecule has 0 N–H and O–H groups in total. The number of aryl methyl sites for hydroxylation is 1. The van der Waals surface area contributed by atoms with E-state index < -0.39 is 0 Å². The number of fused-ring (bicyclic) bond motifs is 1. The normalized spacial score (nSPS) is 10.9. The topological polar surface area (TPSA) is 47.9 Å². The van der Waals surface area contributed by atoms with Gasteiger partial charge < -0.3 is 4.74 Å². The van der Waals surface area contributed by atoms with Crippen LogP contribution in [-0.4, -0.2) is 15.2 Å². The number of nitrogens with zero attached hydrogens (tertiary/aromatic N) is 3. The first-order chi connectivity index (χ1) is 13.1. The first-order valence-corrected chi connectivity index (χ1v) is 9.13. The van der Waals surface area contributed by atoms with Gasteiger partial charge in [-0.1, -0.05) is 53.5 Å². The zero-order valence-electron chi connectivity index (χ0n) is 14.5. The Morgan fingerprint density at radius 1 is 0.889 bits per heavy atom. The van der Waals surface area contributed by atoms with Gasteiger partial charge in [-0.15, -0.1) is 10.2 Å². The van der Waals surface area contributed by atoms with Crippen LogP contribution in [0.1, 0.15) is 11.1 Å². The van der Waals surface area contributed by atoms with Gasteiger partial charge in [0.05, 0.1) is 5.69 Å². The molecule has 4 rings (SSSR count). The van der Waals surface area contributed by atoms with E-state index in [0.29, 0.717) is 22.3 Å². The van der Waals surface area contributed by atoms with Crippen molar-refractivity contribution in [3.63, 3.8) is 0 Å². The third-order valence-electron chi connectivity index (χ3n) is 4.35. The molecule has 4 nitrogen and oxygen atoms in total. The maximum Gasteiger partial charge on any atom is 0.161 e. The molecule has 0 atom stereocenters. The van der Waals surface area contributed by atoms with Crippen molar-refractivity contribution in [1.82, 2.24) is 15.2 Å². The quantitative estimate of drug-likeness (QED) is 0.432. The fourth-order valence-corrected chi connectivity index (χ4v) is 3.43. The van der Waals surface area contributed by atoms with Gasteiger partial charge >= 0.3 is 0 Å². The first kappa shape index (κ1) is 17.7. The third-order valence-corrected chi connectivity index (χ3v) is 4.90. The van der Waals surface area contributed by atoms with Gasteiger partial charge in [-0.3, -0.25) is 4.98 Å². The molecular weight excluding hydrogens is 381 g/mol. The zero-order valence-corrected chi connectivity index (χ0v) is 16.0. The van der Waals surface area contributed by atoms with Crippen molar-refractivity contribution < 1.29 is 4.74 Å². The maximum absolute atomic E-state index is 6.24. The van der Waals surface area contributed by atoms with Gasteiger partial charge in [0, 0.05) is 22.5 Å². The molecule has 0 bridgehead atoms. The summed E-state index contributed by atoms with van der Waals surface area (Å²) in [5, 5.41) is 9.82. The number of halogens is 2. The van der Waals surface area contributed by atoms with E-state index in [4.69, 9.17) is 27.9 Å². The average Bonchev–Trinajstić information content (AvgIpc) is 2.70. The van der Waals surface area contributed by atoms with Gasteiger partial charge in [0.15, 0.2) is 10.3 Å². The molecule has 0 radical (unpaired) electrons. The van der Waals surface area contributed by atoms with Crippen molar-refractivity contribution in [3.05, 3.63) is 82.2 Å². The fourth-order valence-electron chi connectivity index (χ4n) is 2.97. The van der Waals surface area contributed by atoms with Crippen LogP contribution in [0.3, 0.4) is 0 Å². The van der Waals surface area contributed by atoms with E-state index in [2.05, 4.69) is 15.2 Å². The van der Waals surface area contributed by atoms with Gasteiger partial charge in [0.25, 0.3) is 0 Å². The average molecular weight is 396 g/mol. The largest absolute Gasteiger partial charge is 0.489 e. The van der Waals surface area contributed by atoms with Crippen molar-refractivity contribution in [2.24, 2.45) is 0 Å². The van der Waals surface area contributed by atoms with Crippen LogP contribution in [0.25, 0.3) is 22.0 Å². The second-order valence-corrected chi connectivity index (χ2v) is 6.82. The van der Waals surface area contributed by atoms with Crippen molar-refractivity contribution in [3.8, 4) is 17.0 Å². The summed E-state index contributed by atoms with van der Waals surface area (Å²) in [7, 11) is 0. The summed E-state index contributed by atoms with van der Waals surface area (Å²) in [6.07, 6.45) is 1.68. The Morgan fingerprint density at radius 2 is 1.59 bits per heavy atom. The highest BCUT2D eigenvalue weighted by Gasteiger charge is 2.14. The highest BCUT2D eigenvalue weighted by molar-refractivity contribution is 6.38. The van der Waals surface area contributed by atoms with E-state index in [-0.39, 0.29) is 0 Å². The van der Waals surface area contributed by atoms with Crippen LogP contribution in [0, 0.1) is 6.92 Å². The SMILES string of the molecule is Cc1c(-c2ccc(OCc3ccccc3)cc2)ncc2c(Cl)nnc(Cl)c12. The number of aromatic nitrogens is 3. The van der Waals surface area contributed by atoms with Crippen LogP contribution in [0.5, 0.6) is 5.75 Å². The van der Waals surface area contributed by atoms with Crippen LogP contribution in [-0.2, 0) is 6.61 Å². The van der Waals surface area contributed by atoms with E-state index in [1.54, 1.807) is 6.20 Å². The van der Waals surface area contributed by atoms with Gasteiger partial charge in [0.2, 0.25) is 0 Å². The summed E-state index contributed by atoms with van der Waals surface area (Å²) in [4.78, 5) is 4.55. The van der Waals surface area contributed by atoms with E-state index in [1.165, 1.54) is 0 Å². The minimum Gasteiger partial charge on any atom is -0.489 e. The lowest BCUT2D eigenvalue weighted by atomic mass is 10.0. The minimum absolute atomic E-state index is 0.293. The highest BCUT2D eigenvalue weighted by atomic mass is 35.5. The van der Waals surface area contributed by atoms with Crippen LogP contribution in [0.15, 0.2) is 60.8 Å². The molecule has 0 spiro atoms. The van der Waals surface area contributed by atoms with E-state index >= 15 is 0 Å². The lowest BCUT2D eigenvalue weighted by Crippen LogP contribution is -1.96. The molecule has 4 aromatic rings. The fraction of sp³-hybridized carbons (Fsp3) is 0.0952. The molecule has 2 aromatic carbocycles. The van der Waals surface area contributed by atoms with E-state index in [1.807, 2.05) is 61.5 Å². The monoisotopic (exact) mass is 395 g/mol. The van der Waals surface area contributed by atoms with Crippen LogP contribution in [0.2, 0.25) is 10.3 Å². The Labute approximate surface area is 166 Å². The lowest BCUT2D eigenvalue weighted by molar-refractivity contribution is 0.306. The summed E-state index contributed by atoms with van der Waals surface area (Å²) >= 11 is 12.4. The molecule has 0 fully saturated rings. The standard InChI is InChI=1S/C21H15Cl2N3O/c1-13-18-17(20(22)25-26-21(18)23)11-24-19(13)15-7-9-16(10-8-15)27-12-14-5-3-2-4-6-14/h2-11H,12H2,1H3. The molecule has 0 amide bonds. The predicted octanol–water partition coefficient (Wildman–Crippen LogP) is 5.89. The Bertz CT molecular complexity index is 1100. The molecule has 2 heterocycles. The molecule has 0 aliphatic heterocycles. The minimum atomic E-state index is 0.293. The molecule has 0 aliphatic carbocycles.